The first-order valence-corrected chi connectivity index (χ1v) is 9.20. The highest BCUT2D eigenvalue weighted by molar-refractivity contribution is 5.77. The average molecular weight is 355 g/mol. The predicted molar refractivity (Wildman–Crippen MR) is 99.5 cm³/mol. The molecule has 3 N–H and O–H groups in total. The summed E-state index contributed by atoms with van der Waals surface area (Å²) in [5.41, 5.74) is 2.45. The van der Waals surface area contributed by atoms with Gasteiger partial charge >= 0.3 is 0 Å². The van der Waals surface area contributed by atoms with Gasteiger partial charge in [0.15, 0.2) is 5.88 Å². The fourth-order valence-electron chi connectivity index (χ4n) is 4.58. The molecule has 1 amide bonds. The van der Waals surface area contributed by atoms with Crippen molar-refractivity contribution in [2.45, 2.75) is 50.7 Å². The van der Waals surface area contributed by atoms with Crippen molar-refractivity contribution in [1.29, 1.82) is 0 Å². The maximum absolute atomic E-state index is 12.8. The Balaban J connectivity index is 1.94. The zero-order valence-electron chi connectivity index (χ0n) is 15.2. The summed E-state index contributed by atoms with van der Waals surface area (Å²) in [6.45, 7) is 1.61. The summed E-state index contributed by atoms with van der Waals surface area (Å²) in [5, 5.41) is 14.2. The van der Waals surface area contributed by atoms with Gasteiger partial charge in [0.1, 0.15) is 5.75 Å². The molecule has 138 valence electrons. The first-order chi connectivity index (χ1) is 12.6. The molecule has 1 fully saturated rings. The second-order valence-electron chi connectivity index (χ2n) is 7.14. The van der Waals surface area contributed by atoms with Crippen molar-refractivity contribution in [3.05, 3.63) is 41.6 Å². The topological polar surface area (TPSA) is 77.6 Å². The molecule has 1 aliphatic carbocycles. The molecule has 2 aromatic rings. The molecule has 1 aromatic carbocycles. The third-order valence-corrected chi connectivity index (χ3v) is 5.67. The minimum Gasteiger partial charge on any atom is -0.496 e. The van der Waals surface area contributed by atoms with Crippen molar-refractivity contribution in [1.82, 2.24) is 9.88 Å². The number of aromatic nitrogens is 1. The Kier molecular flexibility index (Phi) is 4.26. The monoisotopic (exact) mass is 355 g/mol. The zero-order chi connectivity index (χ0) is 18.3. The fraction of sp³-hybridized carbons (Fsp3) is 0.450. The van der Waals surface area contributed by atoms with Crippen molar-refractivity contribution in [2.24, 2.45) is 0 Å². The number of hydrogen-bond acceptors (Lipinski definition) is 4. The maximum Gasteiger partial charge on any atom is 0.220 e. The summed E-state index contributed by atoms with van der Waals surface area (Å²) < 4.78 is 5.58. The lowest BCUT2D eigenvalue weighted by molar-refractivity contribution is -0.134. The summed E-state index contributed by atoms with van der Waals surface area (Å²) in [7, 11) is 1.63. The molecule has 4 rings (SSSR count). The van der Waals surface area contributed by atoms with E-state index in [4.69, 9.17) is 4.74 Å². The number of benzene rings is 1. The molecule has 6 heteroatoms. The molecule has 0 spiro atoms. The fourth-order valence-corrected chi connectivity index (χ4v) is 4.58. The van der Waals surface area contributed by atoms with Crippen LogP contribution in [-0.2, 0) is 4.79 Å². The number of ether oxygens (including phenoxy) is 1. The standard InChI is InChI=1S/C20H25N3O3/c1-12(24)23-16-9-5-4-8-14(16)22-15-11-21-20(25)18(15)19(23)13-7-3-6-10-17(13)26-2/h3,6-7,10-11,14,16,19,21-22,25H,4-5,8-9H2,1-2H3/t14-,16-,19-/m1/s1. The zero-order valence-corrected chi connectivity index (χ0v) is 15.2. The van der Waals surface area contributed by atoms with Crippen molar-refractivity contribution < 1.29 is 14.6 Å². The summed E-state index contributed by atoms with van der Waals surface area (Å²) >= 11 is 0. The minimum atomic E-state index is -0.398. The Morgan fingerprint density at radius 2 is 2.04 bits per heavy atom. The molecule has 1 aliphatic heterocycles. The molecule has 3 atom stereocenters. The van der Waals surface area contributed by atoms with Gasteiger partial charge in [-0.3, -0.25) is 4.79 Å². The van der Waals surface area contributed by atoms with Gasteiger partial charge in [0, 0.05) is 24.7 Å². The number of aromatic amines is 1. The van der Waals surface area contributed by atoms with Crippen LogP contribution in [0.1, 0.15) is 49.8 Å². The molecular formula is C20H25N3O3. The van der Waals surface area contributed by atoms with Gasteiger partial charge in [-0.1, -0.05) is 31.0 Å². The van der Waals surface area contributed by atoms with E-state index in [-0.39, 0.29) is 23.9 Å². The lowest BCUT2D eigenvalue weighted by Gasteiger charge is -2.41. The van der Waals surface area contributed by atoms with E-state index >= 15 is 0 Å². The largest absolute Gasteiger partial charge is 0.496 e. The van der Waals surface area contributed by atoms with Gasteiger partial charge < -0.3 is 25.0 Å². The Labute approximate surface area is 153 Å². The van der Waals surface area contributed by atoms with Crippen LogP contribution in [0.5, 0.6) is 11.6 Å². The number of nitrogens with one attached hydrogen (secondary N) is 2. The minimum absolute atomic E-state index is 0.00746. The average Bonchev–Trinajstić information content (AvgIpc) is 2.92. The van der Waals surface area contributed by atoms with E-state index in [1.165, 1.54) is 0 Å². The second kappa shape index (κ2) is 6.59. The van der Waals surface area contributed by atoms with Crippen LogP contribution in [0.3, 0.4) is 0 Å². The van der Waals surface area contributed by atoms with E-state index in [0.717, 1.165) is 36.9 Å². The van der Waals surface area contributed by atoms with E-state index in [1.807, 2.05) is 29.2 Å². The van der Waals surface area contributed by atoms with Crippen LogP contribution >= 0.6 is 0 Å². The third kappa shape index (κ3) is 2.60. The molecule has 26 heavy (non-hydrogen) atoms. The number of H-pyrrole nitrogens is 1. The first-order valence-electron chi connectivity index (χ1n) is 9.20. The molecule has 1 saturated carbocycles. The van der Waals surface area contributed by atoms with Gasteiger partial charge in [-0.2, -0.15) is 0 Å². The highest BCUT2D eigenvalue weighted by atomic mass is 16.5. The number of methoxy groups -OCH3 is 1. The van der Waals surface area contributed by atoms with Crippen LogP contribution in [0.4, 0.5) is 5.69 Å². The number of amides is 1. The Hall–Kier alpha value is -2.63. The highest BCUT2D eigenvalue weighted by Crippen LogP contribution is 2.47. The number of hydrogen-bond donors (Lipinski definition) is 3. The van der Waals surface area contributed by atoms with Crippen molar-refractivity contribution >= 4 is 11.6 Å². The third-order valence-electron chi connectivity index (χ3n) is 5.67. The van der Waals surface area contributed by atoms with Crippen molar-refractivity contribution in [3.8, 4) is 11.6 Å². The molecule has 2 heterocycles. The van der Waals surface area contributed by atoms with Gasteiger partial charge in [0.05, 0.1) is 30.4 Å². The molecular weight excluding hydrogens is 330 g/mol. The summed E-state index contributed by atoms with van der Waals surface area (Å²) in [4.78, 5) is 17.7. The number of fused-ring (bicyclic) bond motifs is 2. The Bertz CT molecular complexity index is 816. The molecule has 0 unspecified atom stereocenters. The van der Waals surface area contributed by atoms with Crippen molar-refractivity contribution in [2.75, 3.05) is 12.4 Å². The summed E-state index contributed by atoms with van der Waals surface area (Å²) in [5.74, 6) is 0.811. The number of nitrogens with zero attached hydrogens (tertiary/aromatic N) is 1. The number of anilines is 1. The SMILES string of the molecule is COc1ccccc1[C@@H]1c2c(c[nH]c2O)N[C@@H]2CCCC[C@H]2N1C(C)=O. The van der Waals surface area contributed by atoms with Gasteiger partial charge in [0.25, 0.3) is 0 Å². The number of carbonyl (C=O) groups is 1. The van der Waals surface area contributed by atoms with Crippen LogP contribution in [0, 0.1) is 0 Å². The Morgan fingerprint density at radius 3 is 2.81 bits per heavy atom. The van der Waals surface area contributed by atoms with E-state index in [0.29, 0.717) is 11.3 Å². The molecule has 0 bridgehead atoms. The smallest absolute Gasteiger partial charge is 0.220 e. The summed E-state index contributed by atoms with van der Waals surface area (Å²) in [6, 6.07) is 7.59. The van der Waals surface area contributed by atoms with Crippen LogP contribution in [-0.4, -0.2) is 40.1 Å². The molecule has 1 aromatic heterocycles. The van der Waals surface area contributed by atoms with Gasteiger partial charge in [-0.15, -0.1) is 0 Å². The van der Waals surface area contributed by atoms with Crippen LogP contribution in [0.25, 0.3) is 0 Å². The molecule has 2 aliphatic rings. The predicted octanol–water partition coefficient (Wildman–Crippen LogP) is 3.40. The number of para-hydroxylation sites is 1. The van der Waals surface area contributed by atoms with Crippen LogP contribution < -0.4 is 10.1 Å². The quantitative estimate of drug-likeness (QED) is 0.771. The highest BCUT2D eigenvalue weighted by Gasteiger charge is 2.43. The second-order valence-corrected chi connectivity index (χ2v) is 7.14. The number of aromatic hydroxyl groups is 1. The lowest BCUT2D eigenvalue weighted by Crippen LogP contribution is -2.50. The van der Waals surface area contributed by atoms with E-state index in [2.05, 4.69) is 10.3 Å². The summed E-state index contributed by atoms with van der Waals surface area (Å²) in [6.07, 6.45) is 6.01. The normalized spacial score (nSPS) is 24.8. The van der Waals surface area contributed by atoms with Gasteiger partial charge in [-0.05, 0) is 18.9 Å². The molecule has 0 radical (unpaired) electrons. The van der Waals surface area contributed by atoms with Gasteiger partial charge in [0.2, 0.25) is 5.91 Å². The van der Waals surface area contributed by atoms with Crippen molar-refractivity contribution in [3.63, 3.8) is 0 Å². The number of carbonyl (C=O) groups excluding carboxylic acids is 1. The maximum atomic E-state index is 12.8. The van der Waals surface area contributed by atoms with E-state index in [9.17, 15) is 9.90 Å². The first kappa shape index (κ1) is 16.8. The molecule has 6 nitrogen and oxygen atoms in total. The van der Waals surface area contributed by atoms with Gasteiger partial charge in [-0.25, -0.2) is 0 Å². The van der Waals surface area contributed by atoms with Crippen LogP contribution in [0.2, 0.25) is 0 Å². The Morgan fingerprint density at radius 1 is 1.27 bits per heavy atom. The molecule has 0 saturated heterocycles. The van der Waals surface area contributed by atoms with E-state index < -0.39 is 6.04 Å². The van der Waals surface area contributed by atoms with E-state index in [1.54, 1.807) is 20.2 Å². The lowest BCUT2D eigenvalue weighted by atomic mass is 9.87. The number of rotatable bonds is 2. The van der Waals surface area contributed by atoms with Crippen LogP contribution in [0.15, 0.2) is 30.5 Å².